The number of rotatable bonds is 0. The lowest BCUT2D eigenvalue weighted by molar-refractivity contribution is 0.530. The van der Waals surface area contributed by atoms with Crippen molar-refractivity contribution in [1.29, 1.82) is 0 Å². The molecule has 2 atom stereocenters. The van der Waals surface area contributed by atoms with Crippen LogP contribution in [-0.4, -0.2) is 0 Å². The second-order valence-electron chi connectivity index (χ2n) is 4.56. The van der Waals surface area contributed by atoms with E-state index in [0.29, 0.717) is 0 Å². The first-order valence-corrected chi connectivity index (χ1v) is 5.20. The van der Waals surface area contributed by atoms with E-state index in [9.17, 15) is 0 Å². The molecule has 0 saturated heterocycles. The molecule has 0 spiro atoms. The molecule has 0 saturated carbocycles. The fourth-order valence-corrected chi connectivity index (χ4v) is 2.58. The van der Waals surface area contributed by atoms with Crippen molar-refractivity contribution in [2.75, 3.05) is 0 Å². The van der Waals surface area contributed by atoms with Gasteiger partial charge in [-0.3, -0.25) is 0 Å². The highest BCUT2D eigenvalue weighted by Crippen LogP contribution is 2.40. The zero-order valence-corrected chi connectivity index (χ0v) is 9.02. The topological polar surface area (TPSA) is 0 Å². The summed E-state index contributed by atoms with van der Waals surface area (Å²) in [6.07, 6.45) is 1.28. The highest BCUT2D eigenvalue weighted by atomic mass is 14.3. The third-order valence-corrected chi connectivity index (χ3v) is 3.64. The Labute approximate surface area is 81.0 Å². The fraction of sp³-hybridized carbons (Fsp3) is 0.538. The first-order chi connectivity index (χ1) is 6.11. The van der Waals surface area contributed by atoms with Crippen molar-refractivity contribution in [1.82, 2.24) is 0 Å². The molecule has 0 heteroatoms. The van der Waals surface area contributed by atoms with Crippen LogP contribution in [0, 0.1) is 19.8 Å². The van der Waals surface area contributed by atoms with Crippen molar-refractivity contribution >= 4 is 0 Å². The zero-order valence-electron chi connectivity index (χ0n) is 9.02. The standard InChI is InChI=1S/C13H18/c1-8-5-6-9(2)13-11(4)10(3)7-12(8)13/h5-6,10-11H,7H2,1-4H3. The largest absolute Gasteiger partial charge is 0.0616 e. The van der Waals surface area contributed by atoms with E-state index in [-0.39, 0.29) is 0 Å². The van der Waals surface area contributed by atoms with Gasteiger partial charge in [0.15, 0.2) is 0 Å². The van der Waals surface area contributed by atoms with E-state index < -0.39 is 0 Å². The van der Waals surface area contributed by atoms with Crippen LogP contribution in [0.1, 0.15) is 42.0 Å². The van der Waals surface area contributed by atoms with Gasteiger partial charge >= 0.3 is 0 Å². The number of benzene rings is 1. The van der Waals surface area contributed by atoms with Crippen LogP contribution in [-0.2, 0) is 6.42 Å². The number of hydrogen-bond acceptors (Lipinski definition) is 0. The Bertz CT molecular complexity index is 336. The minimum absolute atomic E-state index is 0.759. The molecule has 0 aromatic heterocycles. The van der Waals surface area contributed by atoms with Gasteiger partial charge in [-0.25, -0.2) is 0 Å². The maximum atomic E-state index is 2.36. The van der Waals surface area contributed by atoms with Gasteiger partial charge in [0.25, 0.3) is 0 Å². The Morgan fingerprint density at radius 1 is 1.08 bits per heavy atom. The lowest BCUT2D eigenvalue weighted by Crippen LogP contribution is -1.98. The van der Waals surface area contributed by atoms with Crippen molar-refractivity contribution in [2.24, 2.45) is 5.92 Å². The van der Waals surface area contributed by atoms with Crippen molar-refractivity contribution in [3.05, 3.63) is 34.4 Å². The zero-order chi connectivity index (χ0) is 9.59. The summed E-state index contributed by atoms with van der Waals surface area (Å²) >= 11 is 0. The maximum Gasteiger partial charge on any atom is -0.0156 e. The van der Waals surface area contributed by atoms with Crippen molar-refractivity contribution in [2.45, 2.75) is 40.0 Å². The minimum atomic E-state index is 0.759. The molecule has 13 heavy (non-hydrogen) atoms. The quantitative estimate of drug-likeness (QED) is 0.563. The van der Waals surface area contributed by atoms with E-state index in [1.54, 1.807) is 11.1 Å². The summed E-state index contributed by atoms with van der Waals surface area (Å²) in [5, 5.41) is 0. The first kappa shape index (κ1) is 8.80. The molecular formula is C13H18. The normalized spacial score (nSPS) is 26.2. The van der Waals surface area contributed by atoms with Crippen LogP contribution in [0.25, 0.3) is 0 Å². The summed E-state index contributed by atoms with van der Waals surface area (Å²) in [4.78, 5) is 0. The van der Waals surface area contributed by atoms with Crippen molar-refractivity contribution in [3.63, 3.8) is 0 Å². The molecular weight excluding hydrogens is 156 g/mol. The summed E-state index contributed by atoms with van der Waals surface area (Å²) in [5.41, 5.74) is 6.22. The summed E-state index contributed by atoms with van der Waals surface area (Å²) in [6.45, 7) is 9.21. The van der Waals surface area contributed by atoms with Crippen LogP contribution in [0.2, 0.25) is 0 Å². The second-order valence-corrected chi connectivity index (χ2v) is 4.56. The Morgan fingerprint density at radius 3 is 2.31 bits per heavy atom. The summed E-state index contributed by atoms with van der Waals surface area (Å²) in [7, 11) is 0. The molecule has 2 rings (SSSR count). The molecule has 0 radical (unpaired) electrons. The van der Waals surface area contributed by atoms with Crippen molar-refractivity contribution < 1.29 is 0 Å². The summed E-state index contributed by atoms with van der Waals surface area (Å²) < 4.78 is 0. The van der Waals surface area contributed by atoms with E-state index in [0.717, 1.165) is 11.8 Å². The van der Waals surface area contributed by atoms with Gasteiger partial charge in [0, 0.05) is 0 Å². The smallest absolute Gasteiger partial charge is 0.0156 e. The van der Waals surface area contributed by atoms with Gasteiger partial charge in [-0.2, -0.15) is 0 Å². The Hall–Kier alpha value is -0.780. The van der Waals surface area contributed by atoms with Gasteiger partial charge in [-0.15, -0.1) is 0 Å². The predicted octanol–water partition coefficient (Wildman–Crippen LogP) is 3.60. The van der Waals surface area contributed by atoms with Crippen LogP contribution >= 0.6 is 0 Å². The lowest BCUT2D eigenvalue weighted by Gasteiger charge is -2.12. The monoisotopic (exact) mass is 174 g/mol. The fourth-order valence-electron chi connectivity index (χ4n) is 2.58. The van der Waals surface area contributed by atoms with Gasteiger partial charge < -0.3 is 0 Å². The average Bonchev–Trinajstić information content (AvgIpc) is 2.38. The van der Waals surface area contributed by atoms with Gasteiger partial charge in [-0.1, -0.05) is 26.0 Å². The first-order valence-electron chi connectivity index (χ1n) is 5.20. The molecule has 1 aromatic rings. The average molecular weight is 174 g/mol. The Balaban J connectivity index is 2.61. The molecule has 0 fully saturated rings. The van der Waals surface area contributed by atoms with E-state index in [1.807, 2.05) is 0 Å². The van der Waals surface area contributed by atoms with Gasteiger partial charge in [0.2, 0.25) is 0 Å². The number of aryl methyl sites for hydroxylation is 2. The highest BCUT2D eigenvalue weighted by molar-refractivity contribution is 5.45. The van der Waals surface area contributed by atoms with Gasteiger partial charge in [0.05, 0.1) is 0 Å². The minimum Gasteiger partial charge on any atom is -0.0616 e. The molecule has 0 bridgehead atoms. The van der Waals surface area contributed by atoms with E-state index in [4.69, 9.17) is 0 Å². The van der Waals surface area contributed by atoms with Crippen LogP contribution in [0.3, 0.4) is 0 Å². The molecule has 0 amide bonds. The molecule has 0 heterocycles. The molecule has 0 N–H and O–H groups in total. The molecule has 2 unspecified atom stereocenters. The van der Waals surface area contributed by atoms with Gasteiger partial charge in [-0.05, 0) is 54.4 Å². The molecule has 0 nitrogen and oxygen atoms in total. The van der Waals surface area contributed by atoms with E-state index in [2.05, 4.69) is 39.8 Å². The molecule has 0 aliphatic heterocycles. The highest BCUT2D eigenvalue weighted by Gasteiger charge is 2.27. The second kappa shape index (κ2) is 2.87. The van der Waals surface area contributed by atoms with Crippen LogP contribution in [0.5, 0.6) is 0 Å². The van der Waals surface area contributed by atoms with Gasteiger partial charge in [0.1, 0.15) is 0 Å². The third-order valence-electron chi connectivity index (χ3n) is 3.64. The summed E-state index contributed by atoms with van der Waals surface area (Å²) in [6, 6.07) is 4.53. The van der Waals surface area contributed by atoms with Crippen molar-refractivity contribution in [3.8, 4) is 0 Å². The number of fused-ring (bicyclic) bond motifs is 1. The molecule has 1 aromatic carbocycles. The molecule has 70 valence electrons. The van der Waals surface area contributed by atoms with Crippen LogP contribution < -0.4 is 0 Å². The molecule has 1 aliphatic carbocycles. The SMILES string of the molecule is Cc1ccc(C)c2c1CC(C)C2C. The predicted molar refractivity (Wildman–Crippen MR) is 57.2 cm³/mol. The van der Waals surface area contributed by atoms with E-state index >= 15 is 0 Å². The van der Waals surface area contributed by atoms with Crippen LogP contribution in [0.15, 0.2) is 12.1 Å². The van der Waals surface area contributed by atoms with Crippen LogP contribution in [0.4, 0.5) is 0 Å². The Kier molecular flexibility index (Phi) is 1.94. The Morgan fingerprint density at radius 2 is 1.69 bits per heavy atom. The summed E-state index contributed by atoms with van der Waals surface area (Å²) in [5.74, 6) is 1.59. The maximum absolute atomic E-state index is 2.36. The third kappa shape index (κ3) is 1.20. The lowest BCUT2D eigenvalue weighted by atomic mass is 9.93. The van der Waals surface area contributed by atoms with E-state index in [1.165, 1.54) is 17.5 Å². The number of hydrogen-bond donors (Lipinski definition) is 0. The molecule has 1 aliphatic rings.